The van der Waals surface area contributed by atoms with Gasteiger partial charge in [0.25, 0.3) is 5.09 Å². The second-order valence-corrected chi connectivity index (χ2v) is 9.66. The first-order valence-electron chi connectivity index (χ1n) is 13.4. The number of carboxylic acid groups (broad SMARTS) is 2. The standard InChI is InChI=1S/C31H21NO15/c33-19-11-25(29(35)36)46-23-5-1-3-21(27(19)23)42-14-18(45-31(39)17-9-7-16(8-10-17)13-44-32(40)41)15-43-22-4-2-6-24-28(22)20(34)12-26(47-24)30(37)38/h1-12,18H,13-15H2,(H,35,36)(H,37,38). The molecular weight excluding hydrogens is 626 g/mol. The molecule has 0 saturated heterocycles. The van der Waals surface area contributed by atoms with Crippen molar-refractivity contribution in [2.45, 2.75) is 12.7 Å². The van der Waals surface area contributed by atoms with E-state index in [0.717, 1.165) is 12.1 Å². The molecule has 0 aliphatic heterocycles. The number of rotatable bonds is 13. The van der Waals surface area contributed by atoms with Crippen LogP contribution in [0.5, 0.6) is 11.5 Å². The molecule has 0 amide bonds. The summed E-state index contributed by atoms with van der Waals surface area (Å²) in [5, 5.41) is 27.8. The summed E-state index contributed by atoms with van der Waals surface area (Å²) in [4.78, 5) is 76.0. The van der Waals surface area contributed by atoms with Gasteiger partial charge in [-0.1, -0.05) is 24.3 Å². The topological polar surface area (TPSA) is 232 Å². The molecule has 16 nitrogen and oxygen atoms in total. The van der Waals surface area contributed by atoms with Gasteiger partial charge < -0.3 is 38.1 Å². The Morgan fingerprint density at radius 1 is 0.766 bits per heavy atom. The monoisotopic (exact) mass is 647 g/mol. The Morgan fingerprint density at radius 2 is 1.26 bits per heavy atom. The molecule has 0 atom stereocenters. The van der Waals surface area contributed by atoms with Crippen molar-refractivity contribution in [2.75, 3.05) is 13.2 Å². The van der Waals surface area contributed by atoms with E-state index < -0.39 is 64.7 Å². The number of aromatic carboxylic acids is 2. The van der Waals surface area contributed by atoms with Crippen LogP contribution in [0, 0.1) is 10.1 Å². The first-order valence-corrected chi connectivity index (χ1v) is 13.4. The molecule has 0 radical (unpaired) electrons. The highest BCUT2D eigenvalue weighted by Gasteiger charge is 2.22. The lowest BCUT2D eigenvalue weighted by Gasteiger charge is -2.20. The quantitative estimate of drug-likeness (QED) is 0.105. The van der Waals surface area contributed by atoms with Crippen molar-refractivity contribution in [1.29, 1.82) is 0 Å². The lowest BCUT2D eigenvalue weighted by molar-refractivity contribution is -0.763. The van der Waals surface area contributed by atoms with Gasteiger partial charge in [0.15, 0.2) is 17.0 Å². The summed E-state index contributed by atoms with van der Waals surface area (Å²) in [6.07, 6.45) is -1.21. The number of hydrogen-bond donors (Lipinski definition) is 2. The van der Waals surface area contributed by atoms with Crippen LogP contribution in [0.2, 0.25) is 0 Å². The number of fused-ring (bicyclic) bond motifs is 2. The Morgan fingerprint density at radius 3 is 1.70 bits per heavy atom. The molecule has 5 aromatic rings. The summed E-state index contributed by atoms with van der Waals surface area (Å²) in [6, 6.07) is 15.6. The van der Waals surface area contributed by atoms with Gasteiger partial charge in [-0.05, 0) is 42.0 Å². The molecule has 0 spiro atoms. The van der Waals surface area contributed by atoms with Gasteiger partial charge in [-0.2, -0.15) is 0 Å². The number of carbonyl (C=O) groups excluding carboxylic acids is 1. The smallest absolute Gasteiger partial charge is 0.371 e. The van der Waals surface area contributed by atoms with Gasteiger partial charge in [0.1, 0.15) is 53.3 Å². The van der Waals surface area contributed by atoms with Crippen LogP contribution < -0.4 is 20.3 Å². The number of carboxylic acids is 2. The van der Waals surface area contributed by atoms with Crippen molar-refractivity contribution in [3.05, 3.63) is 126 Å². The average Bonchev–Trinajstić information content (AvgIpc) is 3.04. The van der Waals surface area contributed by atoms with Crippen LogP contribution in [-0.4, -0.2) is 52.5 Å². The summed E-state index contributed by atoms with van der Waals surface area (Å²) < 4.78 is 27.8. The second-order valence-electron chi connectivity index (χ2n) is 9.66. The van der Waals surface area contributed by atoms with E-state index in [2.05, 4.69) is 4.84 Å². The van der Waals surface area contributed by atoms with Crippen LogP contribution in [-0.2, 0) is 16.2 Å². The van der Waals surface area contributed by atoms with E-state index in [9.17, 15) is 44.3 Å². The van der Waals surface area contributed by atoms with Crippen molar-refractivity contribution in [3.8, 4) is 11.5 Å². The Hall–Kier alpha value is -6.71. The molecule has 0 saturated carbocycles. The average molecular weight is 648 g/mol. The molecule has 2 heterocycles. The lowest BCUT2D eigenvalue weighted by atomic mass is 10.1. The van der Waals surface area contributed by atoms with Crippen LogP contribution in [0.25, 0.3) is 21.9 Å². The van der Waals surface area contributed by atoms with Crippen molar-refractivity contribution in [2.24, 2.45) is 0 Å². The lowest BCUT2D eigenvalue weighted by Crippen LogP contribution is -2.31. The van der Waals surface area contributed by atoms with Gasteiger partial charge in [0.2, 0.25) is 11.5 Å². The number of nitrogens with zero attached hydrogens (tertiary/aromatic N) is 1. The third-order valence-corrected chi connectivity index (χ3v) is 6.50. The summed E-state index contributed by atoms with van der Waals surface area (Å²) in [7, 11) is 0. The van der Waals surface area contributed by atoms with E-state index in [1.807, 2.05) is 0 Å². The Kier molecular flexibility index (Phi) is 9.12. The molecule has 0 bridgehead atoms. The molecule has 16 heteroatoms. The highest BCUT2D eigenvalue weighted by atomic mass is 16.9. The number of esters is 1. The minimum Gasteiger partial charge on any atom is -0.489 e. The van der Waals surface area contributed by atoms with Crippen LogP contribution in [0.3, 0.4) is 0 Å². The van der Waals surface area contributed by atoms with Crippen LogP contribution in [0.1, 0.15) is 37.0 Å². The van der Waals surface area contributed by atoms with Crippen molar-refractivity contribution in [3.63, 3.8) is 0 Å². The summed E-state index contributed by atoms with van der Waals surface area (Å²) in [5.41, 5.74) is -1.08. The minimum absolute atomic E-state index is 0.0172. The van der Waals surface area contributed by atoms with Crippen molar-refractivity contribution >= 4 is 39.8 Å². The van der Waals surface area contributed by atoms with E-state index in [0.29, 0.717) is 5.56 Å². The molecule has 2 N–H and O–H groups in total. The zero-order valence-electron chi connectivity index (χ0n) is 23.8. The summed E-state index contributed by atoms with van der Waals surface area (Å²) in [6.45, 7) is -1.17. The largest absolute Gasteiger partial charge is 0.489 e. The maximum atomic E-state index is 13.1. The van der Waals surface area contributed by atoms with Crippen LogP contribution in [0.15, 0.2) is 91.2 Å². The highest BCUT2D eigenvalue weighted by molar-refractivity contribution is 5.91. The number of carbonyl (C=O) groups is 3. The fourth-order valence-corrected chi connectivity index (χ4v) is 4.37. The predicted octanol–water partition coefficient (Wildman–Crippen LogP) is 3.69. The first kappa shape index (κ1) is 31.7. The normalized spacial score (nSPS) is 10.9. The molecule has 0 unspecified atom stereocenters. The molecule has 0 aliphatic carbocycles. The number of ether oxygens (including phenoxy) is 3. The van der Waals surface area contributed by atoms with E-state index in [-0.39, 0.29) is 45.6 Å². The first-order chi connectivity index (χ1) is 22.5. The maximum absolute atomic E-state index is 13.1. The highest BCUT2D eigenvalue weighted by Crippen LogP contribution is 2.26. The van der Waals surface area contributed by atoms with E-state index in [1.165, 1.54) is 60.7 Å². The van der Waals surface area contributed by atoms with E-state index in [1.54, 1.807) is 0 Å². The molecule has 240 valence electrons. The van der Waals surface area contributed by atoms with Gasteiger partial charge in [-0.3, -0.25) is 9.59 Å². The van der Waals surface area contributed by atoms with Gasteiger partial charge in [-0.25, -0.2) is 14.4 Å². The number of benzene rings is 3. The molecular formula is C31H21NO15. The van der Waals surface area contributed by atoms with Crippen molar-refractivity contribution < 1.29 is 57.6 Å². The molecule has 0 fully saturated rings. The van der Waals surface area contributed by atoms with Crippen LogP contribution in [0.4, 0.5) is 0 Å². The zero-order chi connectivity index (χ0) is 33.7. The van der Waals surface area contributed by atoms with E-state index >= 15 is 0 Å². The van der Waals surface area contributed by atoms with Gasteiger partial charge >= 0.3 is 17.9 Å². The summed E-state index contributed by atoms with van der Waals surface area (Å²) >= 11 is 0. The molecule has 0 aliphatic rings. The van der Waals surface area contributed by atoms with Crippen LogP contribution >= 0.6 is 0 Å². The van der Waals surface area contributed by atoms with Gasteiger partial charge in [0, 0.05) is 12.1 Å². The Bertz CT molecular complexity index is 2020. The maximum Gasteiger partial charge on any atom is 0.371 e. The second kappa shape index (κ2) is 13.5. The molecule has 2 aromatic heterocycles. The molecule has 5 rings (SSSR count). The fraction of sp³-hybridized carbons (Fsp3) is 0.129. The fourth-order valence-electron chi connectivity index (χ4n) is 4.37. The third-order valence-electron chi connectivity index (χ3n) is 6.50. The summed E-state index contributed by atoms with van der Waals surface area (Å²) in [5.74, 6) is -4.93. The zero-order valence-corrected chi connectivity index (χ0v) is 23.8. The minimum atomic E-state index is -1.44. The molecule has 47 heavy (non-hydrogen) atoms. The van der Waals surface area contributed by atoms with Gasteiger partial charge in [0.05, 0.1) is 5.56 Å². The Labute approximate surface area is 261 Å². The SMILES string of the molecule is O=C(OC(COc1cccc2oc(C(=O)O)cc(=O)c12)COc1cccc2oc(C(=O)O)cc(=O)c12)c1ccc(CO[N+](=O)[O-])cc1. The predicted molar refractivity (Wildman–Crippen MR) is 157 cm³/mol. The third kappa shape index (κ3) is 7.34. The van der Waals surface area contributed by atoms with E-state index in [4.69, 9.17) is 23.0 Å². The number of hydrogen-bond acceptors (Lipinski definition) is 13. The molecule has 3 aromatic carbocycles. The Balaban J connectivity index is 1.41. The van der Waals surface area contributed by atoms with Crippen molar-refractivity contribution in [1.82, 2.24) is 0 Å². The van der Waals surface area contributed by atoms with Gasteiger partial charge in [-0.15, -0.1) is 10.1 Å².